The molecule has 0 bridgehead atoms. The van der Waals surface area contributed by atoms with Gasteiger partial charge in [0, 0.05) is 26.7 Å². The fourth-order valence-electron chi connectivity index (χ4n) is 2.13. The number of benzene rings is 1. The first-order valence-corrected chi connectivity index (χ1v) is 5.67. The molecule has 0 aromatic heterocycles. The van der Waals surface area contributed by atoms with E-state index >= 15 is 0 Å². The van der Waals surface area contributed by atoms with E-state index in [2.05, 4.69) is 47.2 Å². The van der Waals surface area contributed by atoms with Gasteiger partial charge in [-0.05, 0) is 19.1 Å². The van der Waals surface area contributed by atoms with Gasteiger partial charge in [-0.1, -0.05) is 12.1 Å². The number of fused-ring (bicyclic) bond motifs is 1. The quantitative estimate of drug-likeness (QED) is 0.757. The van der Waals surface area contributed by atoms with Crippen molar-refractivity contribution in [3.63, 3.8) is 0 Å². The van der Waals surface area contributed by atoms with Gasteiger partial charge in [-0.3, -0.25) is 0 Å². The predicted octanol–water partition coefficient (Wildman–Crippen LogP) is 2.10. The SMILES string of the molecule is CC(C#N)CN1CCN(C)c2ccccc21. The predicted molar refractivity (Wildman–Crippen MR) is 66.7 cm³/mol. The minimum absolute atomic E-state index is 0.0801. The third-order valence-corrected chi connectivity index (χ3v) is 3.05. The molecule has 1 aliphatic heterocycles. The average Bonchev–Trinajstić information content (AvgIpc) is 2.33. The molecular weight excluding hydrogens is 198 g/mol. The van der Waals surface area contributed by atoms with Crippen molar-refractivity contribution in [3.8, 4) is 6.07 Å². The van der Waals surface area contributed by atoms with Crippen molar-refractivity contribution < 1.29 is 0 Å². The average molecular weight is 215 g/mol. The highest BCUT2D eigenvalue weighted by atomic mass is 15.2. The molecule has 1 aromatic carbocycles. The number of hydrogen-bond acceptors (Lipinski definition) is 3. The zero-order valence-electron chi connectivity index (χ0n) is 9.85. The van der Waals surface area contributed by atoms with Crippen LogP contribution in [0, 0.1) is 17.2 Å². The van der Waals surface area contributed by atoms with Crippen molar-refractivity contribution in [3.05, 3.63) is 24.3 Å². The van der Waals surface area contributed by atoms with E-state index in [0.717, 1.165) is 19.6 Å². The van der Waals surface area contributed by atoms with Crippen LogP contribution in [0.2, 0.25) is 0 Å². The van der Waals surface area contributed by atoms with Crippen LogP contribution in [0.15, 0.2) is 24.3 Å². The lowest BCUT2D eigenvalue weighted by Gasteiger charge is -2.37. The molecule has 3 heteroatoms. The van der Waals surface area contributed by atoms with Crippen LogP contribution in [-0.2, 0) is 0 Å². The Balaban J connectivity index is 2.25. The Morgan fingerprint density at radius 2 is 2.00 bits per heavy atom. The van der Waals surface area contributed by atoms with Crippen molar-refractivity contribution in [2.24, 2.45) is 5.92 Å². The molecule has 0 fully saturated rings. The molecule has 3 nitrogen and oxygen atoms in total. The van der Waals surface area contributed by atoms with Gasteiger partial charge < -0.3 is 9.80 Å². The molecule has 1 aromatic rings. The fourth-order valence-corrected chi connectivity index (χ4v) is 2.13. The fraction of sp³-hybridized carbons (Fsp3) is 0.462. The van der Waals surface area contributed by atoms with Gasteiger partial charge in [0.05, 0.1) is 23.4 Å². The van der Waals surface area contributed by atoms with Crippen molar-refractivity contribution >= 4 is 11.4 Å². The number of nitrogens with zero attached hydrogens (tertiary/aromatic N) is 3. The molecule has 1 atom stereocenters. The number of para-hydroxylation sites is 2. The molecule has 84 valence electrons. The smallest absolute Gasteiger partial charge is 0.0671 e. The van der Waals surface area contributed by atoms with Gasteiger partial charge in [0.15, 0.2) is 0 Å². The minimum Gasteiger partial charge on any atom is -0.371 e. The Hall–Kier alpha value is -1.69. The summed E-state index contributed by atoms with van der Waals surface area (Å²) >= 11 is 0. The summed E-state index contributed by atoms with van der Waals surface area (Å²) in [5.74, 6) is 0.0801. The Bertz CT molecular complexity index is 408. The van der Waals surface area contributed by atoms with E-state index in [1.54, 1.807) is 0 Å². The minimum atomic E-state index is 0.0801. The third kappa shape index (κ3) is 1.96. The van der Waals surface area contributed by atoms with Crippen LogP contribution in [0.4, 0.5) is 11.4 Å². The maximum Gasteiger partial charge on any atom is 0.0671 e. The molecule has 16 heavy (non-hydrogen) atoms. The standard InChI is InChI=1S/C13H17N3/c1-11(9-14)10-16-8-7-15(2)12-5-3-4-6-13(12)16/h3-6,11H,7-8,10H2,1-2H3. The highest BCUT2D eigenvalue weighted by Gasteiger charge is 2.20. The van der Waals surface area contributed by atoms with Crippen molar-refractivity contribution in [2.45, 2.75) is 6.92 Å². The van der Waals surface area contributed by atoms with E-state index in [1.165, 1.54) is 11.4 Å². The third-order valence-electron chi connectivity index (χ3n) is 3.05. The summed E-state index contributed by atoms with van der Waals surface area (Å²) in [7, 11) is 2.11. The molecule has 1 aliphatic rings. The normalized spacial score (nSPS) is 16.6. The first-order chi connectivity index (χ1) is 7.72. The second kappa shape index (κ2) is 4.44. The van der Waals surface area contributed by atoms with Crippen LogP contribution in [0.3, 0.4) is 0 Å². The molecule has 0 amide bonds. The topological polar surface area (TPSA) is 30.3 Å². The Labute approximate surface area is 96.9 Å². The largest absolute Gasteiger partial charge is 0.371 e. The summed E-state index contributed by atoms with van der Waals surface area (Å²) < 4.78 is 0. The summed E-state index contributed by atoms with van der Waals surface area (Å²) in [5.41, 5.74) is 2.51. The molecule has 0 radical (unpaired) electrons. The second-order valence-corrected chi connectivity index (χ2v) is 4.39. The second-order valence-electron chi connectivity index (χ2n) is 4.39. The molecule has 0 saturated carbocycles. The first kappa shape index (κ1) is 10.8. The summed E-state index contributed by atoms with van der Waals surface area (Å²) in [4.78, 5) is 4.58. The van der Waals surface area contributed by atoms with Gasteiger partial charge >= 0.3 is 0 Å². The molecule has 0 aliphatic carbocycles. The highest BCUT2D eigenvalue weighted by Crippen LogP contribution is 2.31. The van der Waals surface area contributed by atoms with Crippen molar-refractivity contribution in [1.29, 1.82) is 5.26 Å². The van der Waals surface area contributed by atoms with Crippen molar-refractivity contribution in [2.75, 3.05) is 36.5 Å². The number of hydrogen-bond donors (Lipinski definition) is 0. The van der Waals surface area contributed by atoms with Crippen LogP contribution in [-0.4, -0.2) is 26.7 Å². The van der Waals surface area contributed by atoms with Crippen LogP contribution >= 0.6 is 0 Å². The van der Waals surface area contributed by atoms with Crippen LogP contribution in [0.1, 0.15) is 6.92 Å². The van der Waals surface area contributed by atoms with Gasteiger partial charge in [0.1, 0.15) is 0 Å². The summed E-state index contributed by atoms with van der Waals surface area (Å²) in [6.07, 6.45) is 0. The lowest BCUT2D eigenvalue weighted by molar-refractivity contribution is 0.653. The van der Waals surface area contributed by atoms with Crippen LogP contribution < -0.4 is 9.80 Å². The summed E-state index contributed by atoms with van der Waals surface area (Å²) in [6.45, 7) is 4.82. The van der Waals surface area contributed by atoms with E-state index < -0.39 is 0 Å². The van der Waals surface area contributed by atoms with Gasteiger partial charge in [-0.25, -0.2) is 0 Å². The van der Waals surface area contributed by atoms with E-state index in [1.807, 2.05) is 6.92 Å². The molecular formula is C13H17N3. The number of likely N-dealkylation sites (N-methyl/N-ethyl adjacent to an activating group) is 1. The number of rotatable bonds is 2. The lowest BCUT2D eigenvalue weighted by Crippen LogP contribution is -2.41. The molecule has 0 spiro atoms. The zero-order valence-corrected chi connectivity index (χ0v) is 9.85. The number of nitriles is 1. The highest BCUT2D eigenvalue weighted by molar-refractivity contribution is 5.73. The maximum absolute atomic E-state index is 8.88. The molecule has 0 N–H and O–H groups in total. The number of anilines is 2. The summed E-state index contributed by atoms with van der Waals surface area (Å²) in [6, 6.07) is 10.7. The Morgan fingerprint density at radius 1 is 1.31 bits per heavy atom. The van der Waals surface area contributed by atoms with E-state index in [-0.39, 0.29) is 5.92 Å². The lowest BCUT2D eigenvalue weighted by atomic mass is 10.1. The van der Waals surface area contributed by atoms with E-state index in [9.17, 15) is 0 Å². The van der Waals surface area contributed by atoms with Crippen molar-refractivity contribution in [1.82, 2.24) is 0 Å². The molecule has 1 unspecified atom stereocenters. The monoisotopic (exact) mass is 215 g/mol. The van der Waals surface area contributed by atoms with Gasteiger partial charge in [-0.15, -0.1) is 0 Å². The first-order valence-electron chi connectivity index (χ1n) is 5.67. The summed E-state index contributed by atoms with van der Waals surface area (Å²) in [5, 5.41) is 8.88. The maximum atomic E-state index is 8.88. The van der Waals surface area contributed by atoms with Crippen LogP contribution in [0.5, 0.6) is 0 Å². The Morgan fingerprint density at radius 3 is 2.69 bits per heavy atom. The Kier molecular flexibility index (Phi) is 3.00. The molecule has 1 heterocycles. The van der Waals surface area contributed by atoms with E-state index in [4.69, 9.17) is 5.26 Å². The van der Waals surface area contributed by atoms with Gasteiger partial charge in [-0.2, -0.15) is 5.26 Å². The molecule has 2 rings (SSSR count). The van der Waals surface area contributed by atoms with Gasteiger partial charge in [0.25, 0.3) is 0 Å². The zero-order chi connectivity index (χ0) is 11.5. The van der Waals surface area contributed by atoms with Gasteiger partial charge in [0.2, 0.25) is 0 Å². The van der Waals surface area contributed by atoms with E-state index in [0.29, 0.717) is 0 Å². The van der Waals surface area contributed by atoms with Crippen LogP contribution in [0.25, 0.3) is 0 Å². The molecule has 0 saturated heterocycles.